The first-order chi connectivity index (χ1) is 28.3. The molecule has 60 heavy (non-hydrogen) atoms. The topological polar surface area (TPSA) is 223 Å². The Morgan fingerprint density at radius 3 is 2.32 bits per heavy atom. The van der Waals surface area contributed by atoms with E-state index >= 15 is 0 Å². The number of hydrazone groups is 1. The van der Waals surface area contributed by atoms with Gasteiger partial charge in [-0.05, 0) is 39.2 Å². The molecule has 0 aromatic heterocycles. The van der Waals surface area contributed by atoms with Gasteiger partial charge in [0, 0.05) is 81.0 Å². The van der Waals surface area contributed by atoms with Crippen LogP contribution in [0.5, 0.6) is 11.5 Å². The molecule has 328 valence electrons. The highest BCUT2D eigenvalue weighted by Gasteiger charge is 2.54. The normalized spacial score (nSPS) is 34.9. The van der Waals surface area contributed by atoms with E-state index in [0.29, 0.717) is 0 Å². The van der Waals surface area contributed by atoms with Gasteiger partial charge in [0.1, 0.15) is 30.0 Å². The van der Waals surface area contributed by atoms with Crippen molar-refractivity contribution in [2.75, 3.05) is 26.7 Å². The molecule has 5 aliphatic rings. The Hall–Kier alpha value is -5.06. The number of carbonyl (C=O) groups is 5. The van der Waals surface area contributed by atoms with Crippen molar-refractivity contribution < 1.29 is 58.2 Å². The molecule has 0 saturated carbocycles. The number of allylic oxidation sites excluding steroid dienone is 2. The maximum atomic E-state index is 14.7. The van der Waals surface area contributed by atoms with Gasteiger partial charge in [-0.3, -0.25) is 24.0 Å². The number of benzene rings is 1. The first-order valence-corrected chi connectivity index (χ1v) is 20.6. The molecule has 1 amide bonds. The van der Waals surface area contributed by atoms with Gasteiger partial charge < -0.3 is 49.9 Å². The van der Waals surface area contributed by atoms with Crippen molar-refractivity contribution in [2.24, 2.45) is 34.7 Å². The van der Waals surface area contributed by atoms with Crippen molar-refractivity contribution in [2.45, 2.75) is 111 Å². The summed E-state index contributed by atoms with van der Waals surface area (Å²) in [7, 11) is 1.43. The third-order valence-electron chi connectivity index (χ3n) is 12.4. The lowest BCUT2D eigenvalue weighted by molar-refractivity contribution is -0.160. The Labute approximate surface area is 351 Å². The molecule has 1 aliphatic carbocycles. The summed E-state index contributed by atoms with van der Waals surface area (Å²) in [4.78, 5) is 71.7. The van der Waals surface area contributed by atoms with Crippen molar-refractivity contribution in [1.29, 1.82) is 0 Å². The van der Waals surface area contributed by atoms with Crippen LogP contribution in [0, 0.1) is 36.5 Å². The van der Waals surface area contributed by atoms with Crippen molar-refractivity contribution in [3.8, 4) is 11.5 Å². The Morgan fingerprint density at radius 2 is 1.67 bits per heavy atom. The van der Waals surface area contributed by atoms with Crippen LogP contribution in [0.2, 0.25) is 0 Å². The number of nitrogens with one attached hydrogen (secondary N) is 2. The average molecular weight is 837 g/mol. The van der Waals surface area contributed by atoms with Gasteiger partial charge in [0.15, 0.2) is 11.6 Å². The van der Waals surface area contributed by atoms with E-state index in [2.05, 4.69) is 15.8 Å². The largest absolute Gasteiger partial charge is 0.507 e. The number of fused-ring (bicyclic) bond motifs is 14. The van der Waals surface area contributed by atoms with Gasteiger partial charge in [0.2, 0.25) is 5.91 Å². The number of aromatic hydroxyl groups is 1. The number of rotatable bonds is 6. The van der Waals surface area contributed by atoms with E-state index in [0.717, 1.165) is 32.4 Å². The summed E-state index contributed by atoms with van der Waals surface area (Å²) in [6, 6.07) is -1.46. The summed E-state index contributed by atoms with van der Waals surface area (Å²) in [6.45, 7) is 13.9. The first-order valence-electron chi connectivity index (χ1n) is 20.6. The standard InChI is InChI=1S/C44H60N4O12/c1-22-14-13-15-23(2)43(56)47-34-29(20-45-46-21-48-17-11-10-12-18-48)38(53)31-32(39(34)54)37(52)27(6)41-33(31)42(55)44(8,60-41)58-19-16-30(57-9)24(3)40(59-28(7)49)26(5)36(51)25(4)35(22)50/h13-16,19,21-22,24-26,29-30,34-36,40,45,50-52H,10-12,17-18,20H2,1-9H3,(H,47,56)/b14-13+,19-16+,23-15-,46-21+/t22-,24+,25+,26+,29?,30-,34?,35-,36+,40+,44-/m0/s1. The molecule has 5 N–H and O–H groups in total. The minimum absolute atomic E-state index is 0.0137. The monoisotopic (exact) mass is 836 g/mol. The van der Waals surface area contributed by atoms with Gasteiger partial charge in [-0.25, -0.2) is 0 Å². The zero-order chi connectivity index (χ0) is 44.2. The number of carbonyl (C=O) groups excluding carboxylic acids is 5. The minimum atomic E-state index is -2.07. The first kappa shape index (κ1) is 46.0. The minimum Gasteiger partial charge on any atom is -0.507 e. The fourth-order valence-electron chi connectivity index (χ4n) is 8.54. The summed E-state index contributed by atoms with van der Waals surface area (Å²) in [5.41, 5.74) is 2.05. The molecule has 4 aliphatic heterocycles. The lowest BCUT2D eigenvalue weighted by Crippen LogP contribution is -2.55. The molecule has 6 rings (SSSR count). The molecule has 1 saturated heterocycles. The van der Waals surface area contributed by atoms with Crippen LogP contribution in [0.1, 0.15) is 104 Å². The van der Waals surface area contributed by atoms with Crippen molar-refractivity contribution in [3.63, 3.8) is 0 Å². The maximum Gasteiger partial charge on any atom is 0.312 e. The second-order valence-electron chi connectivity index (χ2n) is 16.7. The van der Waals surface area contributed by atoms with E-state index in [-0.39, 0.29) is 34.6 Å². The third kappa shape index (κ3) is 9.30. The number of esters is 1. The van der Waals surface area contributed by atoms with Gasteiger partial charge in [-0.1, -0.05) is 45.9 Å². The van der Waals surface area contributed by atoms with Crippen LogP contribution < -0.4 is 15.5 Å². The molecule has 16 nitrogen and oxygen atoms in total. The number of phenolic OH excluding ortho intramolecular Hbond substituents is 1. The lowest BCUT2D eigenvalue weighted by Gasteiger charge is -2.38. The summed E-state index contributed by atoms with van der Waals surface area (Å²) >= 11 is 0. The SMILES string of the molecule is CO[C@H]1/C=C/O[C@@]2(C)Oc3c(C)c(O)c4c(c3C2=O)C(=O)C(CN/N=C/N2CCCCC2)C(NC(=O)/C(C)=C\C=C\[C@H](C)[C@H](O)[C@@H](C)[C@@H](O)[C@@H](C)[C@H](OC(C)=O)[C@@H]1C)C4=O. The molecule has 1 aromatic rings. The highest BCUT2D eigenvalue weighted by Crippen LogP contribution is 2.49. The van der Waals surface area contributed by atoms with Crippen molar-refractivity contribution >= 4 is 35.6 Å². The predicted octanol–water partition coefficient (Wildman–Crippen LogP) is 3.75. The number of nitrogens with zero attached hydrogens (tertiary/aromatic N) is 2. The molecule has 16 heteroatoms. The van der Waals surface area contributed by atoms with Crippen LogP contribution in [0.25, 0.3) is 0 Å². The number of aliphatic hydroxyl groups excluding tert-OH is 2. The van der Waals surface area contributed by atoms with E-state index < -0.39 is 106 Å². The van der Waals surface area contributed by atoms with E-state index in [4.69, 9.17) is 18.9 Å². The summed E-state index contributed by atoms with van der Waals surface area (Å²) < 4.78 is 23.5. The maximum absolute atomic E-state index is 14.7. The van der Waals surface area contributed by atoms with Crippen LogP contribution in [-0.4, -0.2) is 119 Å². The van der Waals surface area contributed by atoms with Crippen LogP contribution in [0.3, 0.4) is 0 Å². The van der Waals surface area contributed by atoms with Crippen LogP contribution >= 0.6 is 0 Å². The van der Waals surface area contributed by atoms with Gasteiger partial charge in [-0.2, -0.15) is 5.10 Å². The molecule has 2 unspecified atom stereocenters. The number of hydrogen-bond donors (Lipinski definition) is 5. The van der Waals surface area contributed by atoms with Gasteiger partial charge in [0.05, 0.1) is 41.6 Å². The Kier molecular flexibility index (Phi) is 14.7. The van der Waals surface area contributed by atoms with Crippen LogP contribution in [0.15, 0.2) is 41.2 Å². The second-order valence-corrected chi connectivity index (χ2v) is 16.7. The van der Waals surface area contributed by atoms with E-state index in [1.165, 1.54) is 53.2 Å². The second kappa shape index (κ2) is 19.1. The van der Waals surface area contributed by atoms with Crippen molar-refractivity contribution in [3.05, 3.63) is 58.4 Å². The molecule has 1 aromatic carbocycles. The molecule has 11 atom stereocenters. The number of hydrogen-bond acceptors (Lipinski definition) is 14. The number of phenols is 1. The quantitative estimate of drug-likeness (QED) is 0.119. The Morgan fingerprint density at radius 1 is 0.983 bits per heavy atom. The number of methoxy groups -OCH3 is 1. The smallest absolute Gasteiger partial charge is 0.312 e. The third-order valence-corrected chi connectivity index (χ3v) is 12.4. The fraction of sp³-hybridized carbons (Fsp3) is 0.591. The van der Waals surface area contributed by atoms with Crippen LogP contribution in [0.4, 0.5) is 0 Å². The number of ketones is 3. The highest BCUT2D eigenvalue weighted by atomic mass is 16.7. The summed E-state index contributed by atoms with van der Waals surface area (Å²) in [5, 5.41) is 41.4. The molecule has 5 bridgehead atoms. The zero-order valence-corrected chi connectivity index (χ0v) is 35.9. The predicted molar refractivity (Wildman–Crippen MR) is 220 cm³/mol. The number of Topliss-reactive ketones (excluding diaryl/α,β-unsaturated/α-hetero) is 3. The molecule has 0 spiro atoms. The number of piperidine rings is 1. The van der Waals surface area contributed by atoms with Gasteiger partial charge >= 0.3 is 11.8 Å². The number of likely N-dealkylation sites (tertiary alicyclic amines) is 1. The summed E-state index contributed by atoms with van der Waals surface area (Å²) in [5.74, 6) is -10.1. The molecular formula is C44H60N4O12. The molecule has 1 fully saturated rings. The Bertz CT molecular complexity index is 1950. The van der Waals surface area contributed by atoms with Gasteiger partial charge in [0.25, 0.3) is 5.78 Å². The Balaban J connectivity index is 1.60. The average Bonchev–Trinajstić information content (AvgIpc) is 3.48. The lowest BCUT2D eigenvalue weighted by atomic mass is 9.74. The number of aliphatic hydroxyl groups is 2. The zero-order valence-electron chi connectivity index (χ0n) is 35.9. The number of amides is 1. The molecular weight excluding hydrogens is 776 g/mol. The van der Waals surface area contributed by atoms with Crippen molar-refractivity contribution in [1.82, 2.24) is 15.6 Å². The summed E-state index contributed by atoms with van der Waals surface area (Å²) in [6.07, 6.45) is 8.26. The van der Waals surface area contributed by atoms with E-state index in [9.17, 15) is 39.3 Å². The molecule has 0 radical (unpaired) electrons. The van der Waals surface area contributed by atoms with Crippen LogP contribution in [-0.2, 0) is 23.8 Å². The van der Waals surface area contributed by atoms with E-state index in [1.54, 1.807) is 46.2 Å². The molecule has 4 heterocycles. The van der Waals surface area contributed by atoms with Gasteiger partial charge in [-0.15, -0.1) is 0 Å². The van der Waals surface area contributed by atoms with E-state index in [1.807, 2.05) is 4.90 Å². The number of ether oxygens (including phenoxy) is 4. The fourth-order valence-corrected chi connectivity index (χ4v) is 8.54. The highest BCUT2D eigenvalue weighted by molar-refractivity contribution is 6.26.